The van der Waals surface area contributed by atoms with Gasteiger partial charge in [-0.3, -0.25) is 0 Å². The number of rotatable bonds is 3. The summed E-state index contributed by atoms with van der Waals surface area (Å²) in [6.45, 7) is 2.00. The molecule has 2 aromatic carbocycles. The average molecular weight is 299 g/mol. The Morgan fingerprint density at radius 1 is 1.10 bits per heavy atom. The number of thiol groups is 1. The predicted molar refractivity (Wildman–Crippen MR) is 84.0 cm³/mol. The minimum Gasteiger partial charge on any atom is -0.355 e. The van der Waals surface area contributed by atoms with Crippen LogP contribution in [0.15, 0.2) is 57.9 Å². The molecular formula is C17H14FNOS. The van der Waals surface area contributed by atoms with Crippen LogP contribution in [0.1, 0.15) is 12.6 Å². The second-order valence-electron chi connectivity index (χ2n) is 4.71. The quantitative estimate of drug-likeness (QED) is 0.689. The summed E-state index contributed by atoms with van der Waals surface area (Å²) in [5.41, 5.74) is 3.04. The highest BCUT2D eigenvalue weighted by molar-refractivity contribution is 7.80. The third kappa shape index (κ3) is 2.59. The van der Waals surface area contributed by atoms with Crippen molar-refractivity contribution in [2.75, 3.05) is 0 Å². The summed E-state index contributed by atoms with van der Waals surface area (Å²) in [4.78, 5) is 0.876. The van der Waals surface area contributed by atoms with E-state index in [1.54, 1.807) is 18.2 Å². The fraction of sp³-hybridized carbons (Fsp3) is 0.118. The first-order valence-electron chi connectivity index (χ1n) is 6.73. The van der Waals surface area contributed by atoms with E-state index in [1.165, 1.54) is 6.07 Å². The molecule has 0 spiro atoms. The fourth-order valence-corrected chi connectivity index (χ4v) is 2.47. The van der Waals surface area contributed by atoms with E-state index in [4.69, 9.17) is 4.52 Å². The predicted octanol–water partition coefficient (Wildman–Crippen LogP) is 5.00. The van der Waals surface area contributed by atoms with E-state index in [9.17, 15) is 4.39 Å². The zero-order valence-electron chi connectivity index (χ0n) is 11.5. The Morgan fingerprint density at radius 2 is 1.81 bits per heavy atom. The lowest BCUT2D eigenvalue weighted by Crippen LogP contribution is -1.88. The van der Waals surface area contributed by atoms with Gasteiger partial charge >= 0.3 is 0 Å². The molecule has 0 atom stereocenters. The van der Waals surface area contributed by atoms with Gasteiger partial charge in [0, 0.05) is 4.90 Å². The van der Waals surface area contributed by atoms with E-state index >= 15 is 0 Å². The molecular weight excluding hydrogens is 285 g/mol. The number of hydrogen-bond acceptors (Lipinski definition) is 3. The first kappa shape index (κ1) is 13.9. The molecule has 1 aromatic heterocycles. The molecule has 3 rings (SSSR count). The van der Waals surface area contributed by atoms with Gasteiger partial charge in [0.1, 0.15) is 5.82 Å². The van der Waals surface area contributed by atoms with Crippen molar-refractivity contribution < 1.29 is 8.91 Å². The minimum atomic E-state index is -0.316. The van der Waals surface area contributed by atoms with Crippen LogP contribution in [0.5, 0.6) is 0 Å². The lowest BCUT2D eigenvalue weighted by atomic mass is 9.98. The molecule has 4 heteroatoms. The SMILES string of the molecule is CCc1noc(-c2ccccc2F)c1-c1ccc(S)cc1. The first-order valence-corrected chi connectivity index (χ1v) is 7.18. The number of hydrogen-bond donors (Lipinski definition) is 1. The van der Waals surface area contributed by atoms with Gasteiger partial charge < -0.3 is 4.52 Å². The molecule has 0 aliphatic heterocycles. The molecule has 0 bridgehead atoms. The van der Waals surface area contributed by atoms with Crippen molar-refractivity contribution >= 4 is 12.6 Å². The highest BCUT2D eigenvalue weighted by Gasteiger charge is 2.20. The van der Waals surface area contributed by atoms with Gasteiger partial charge in [-0.05, 0) is 36.2 Å². The number of aryl methyl sites for hydroxylation is 1. The van der Waals surface area contributed by atoms with Crippen molar-refractivity contribution in [3.63, 3.8) is 0 Å². The molecule has 0 amide bonds. The molecule has 0 radical (unpaired) electrons. The molecule has 0 aliphatic carbocycles. The Morgan fingerprint density at radius 3 is 2.48 bits per heavy atom. The van der Waals surface area contributed by atoms with E-state index in [1.807, 2.05) is 31.2 Å². The summed E-state index contributed by atoms with van der Waals surface area (Å²) in [5.74, 6) is 0.153. The Bertz CT molecular complexity index is 765. The van der Waals surface area contributed by atoms with Crippen molar-refractivity contribution in [3.05, 3.63) is 60.0 Å². The summed E-state index contributed by atoms with van der Waals surface area (Å²) in [6.07, 6.45) is 0.718. The summed E-state index contributed by atoms with van der Waals surface area (Å²) in [5, 5.41) is 4.09. The molecule has 0 aliphatic rings. The second-order valence-corrected chi connectivity index (χ2v) is 5.23. The van der Waals surface area contributed by atoms with Crippen LogP contribution < -0.4 is 0 Å². The summed E-state index contributed by atoms with van der Waals surface area (Å²) < 4.78 is 19.5. The molecule has 0 saturated heterocycles. The Kier molecular flexibility index (Phi) is 3.80. The Labute approximate surface area is 128 Å². The van der Waals surface area contributed by atoms with Gasteiger partial charge in [-0.25, -0.2) is 4.39 Å². The highest BCUT2D eigenvalue weighted by Crippen LogP contribution is 2.36. The molecule has 3 aromatic rings. The number of benzene rings is 2. The van der Waals surface area contributed by atoms with Gasteiger partial charge in [-0.15, -0.1) is 12.6 Å². The van der Waals surface area contributed by atoms with Crippen molar-refractivity contribution in [1.29, 1.82) is 0 Å². The summed E-state index contributed by atoms with van der Waals surface area (Å²) >= 11 is 4.29. The van der Waals surface area contributed by atoms with Crippen molar-refractivity contribution in [3.8, 4) is 22.5 Å². The number of aromatic nitrogens is 1. The first-order chi connectivity index (χ1) is 10.2. The zero-order chi connectivity index (χ0) is 14.8. The van der Waals surface area contributed by atoms with E-state index in [2.05, 4.69) is 17.8 Å². The van der Waals surface area contributed by atoms with Crippen LogP contribution in [-0.4, -0.2) is 5.16 Å². The summed E-state index contributed by atoms with van der Waals surface area (Å²) in [6, 6.07) is 14.2. The number of halogens is 1. The molecule has 1 heterocycles. The van der Waals surface area contributed by atoms with E-state index in [0.717, 1.165) is 28.1 Å². The van der Waals surface area contributed by atoms with Crippen molar-refractivity contribution in [1.82, 2.24) is 5.16 Å². The van der Waals surface area contributed by atoms with Crippen LogP contribution in [0.25, 0.3) is 22.5 Å². The third-order valence-electron chi connectivity index (χ3n) is 3.37. The lowest BCUT2D eigenvalue weighted by molar-refractivity contribution is 0.422. The normalized spacial score (nSPS) is 10.8. The largest absolute Gasteiger partial charge is 0.355 e. The average Bonchev–Trinajstić information content (AvgIpc) is 2.92. The van der Waals surface area contributed by atoms with Gasteiger partial charge in [0.15, 0.2) is 5.76 Å². The van der Waals surface area contributed by atoms with Gasteiger partial charge in [0.25, 0.3) is 0 Å². The zero-order valence-corrected chi connectivity index (χ0v) is 12.4. The van der Waals surface area contributed by atoms with Gasteiger partial charge in [-0.2, -0.15) is 0 Å². The minimum absolute atomic E-state index is 0.316. The lowest BCUT2D eigenvalue weighted by Gasteiger charge is -2.05. The van der Waals surface area contributed by atoms with Crippen molar-refractivity contribution in [2.24, 2.45) is 0 Å². The molecule has 0 fully saturated rings. The second kappa shape index (κ2) is 5.74. The van der Waals surface area contributed by atoms with Crippen LogP contribution in [0.3, 0.4) is 0 Å². The smallest absolute Gasteiger partial charge is 0.177 e. The van der Waals surface area contributed by atoms with Crippen LogP contribution in [0.2, 0.25) is 0 Å². The van der Waals surface area contributed by atoms with Crippen LogP contribution in [-0.2, 0) is 6.42 Å². The van der Waals surface area contributed by atoms with Gasteiger partial charge in [0.2, 0.25) is 0 Å². The van der Waals surface area contributed by atoms with Gasteiger partial charge in [0.05, 0.1) is 16.8 Å². The molecule has 21 heavy (non-hydrogen) atoms. The van der Waals surface area contributed by atoms with Crippen LogP contribution >= 0.6 is 12.6 Å². The fourth-order valence-electron chi connectivity index (χ4n) is 2.32. The summed E-state index contributed by atoms with van der Waals surface area (Å²) in [7, 11) is 0. The maximum absolute atomic E-state index is 14.0. The van der Waals surface area contributed by atoms with E-state index in [-0.39, 0.29) is 5.82 Å². The van der Waals surface area contributed by atoms with E-state index < -0.39 is 0 Å². The third-order valence-corrected chi connectivity index (χ3v) is 3.67. The molecule has 0 saturated carbocycles. The maximum atomic E-state index is 14.0. The molecule has 0 unspecified atom stereocenters. The van der Waals surface area contributed by atoms with Crippen LogP contribution in [0.4, 0.5) is 4.39 Å². The Balaban J connectivity index is 2.22. The Hall–Kier alpha value is -2.07. The molecule has 106 valence electrons. The monoisotopic (exact) mass is 299 g/mol. The van der Waals surface area contributed by atoms with Crippen LogP contribution in [0, 0.1) is 5.82 Å². The standard InChI is InChI=1S/C17H14FNOS/c1-2-15-16(11-7-9-12(21)10-8-11)17(20-19-15)13-5-3-4-6-14(13)18/h3-10,21H,2H2,1H3. The van der Waals surface area contributed by atoms with Crippen molar-refractivity contribution in [2.45, 2.75) is 18.2 Å². The molecule has 2 nitrogen and oxygen atoms in total. The van der Waals surface area contributed by atoms with Gasteiger partial charge in [-0.1, -0.05) is 36.3 Å². The molecule has 0 N–H and O–H groups in total. The highest BCUT2D eigenvalue weighted by atomic mass is 32.1. The van der Waals surface area contributed by atoms with E-state index in [0.29, 0.717) is 11.3 Å². The number of nitrogens with zero attached hydrogens (tertiary/aromatic N) is 1. The topological polar surface area (TPSA) is 26.0 Å². The maximum Gasteiger partial charge on any atom is 0.177 e.